The molecule has 6 heteroatoms. The van der Waals surface area contributed by atoms with E-state index in [0.717, 1.165) is 35.3 Å². The minimum Gasteiger partial charge on any atom is -0.341 e. The van der Waals surface area contributed by atoms with Crippen molar-refractivity contribution in [2.75, 3.05) is 18.8 Å². The fourth-order valence-electron chi connectivity index (χ4n) is 4.03. The van der Waals surface area contributed by atoms with Gasteiger partial charge in [0.1, 0.15) is 0 Å². The van der Waals surface area contributed by atoms with Gasteiger partial charge in [-0.05, 0) is 30.4 Å². The van der Waals surface area contributed by atoms with Gasteiger partial charge in [0.25, 0.3) is 0 Å². The van der Waals surface area contributed by atoms with E-state index in [1.807, 2.05) is 70.1 Å². The van der Waals surface area contributed by atoms with Crippen molar-refractivity contribution in [3.63, 3.8) is 0 Å². The van der Waals surface area contributed by atoms with E-state index in [1.165, 1.54) is 18.2 Å². The van der Waals surface area contributed by atoms with Gasteiger partial charge in [0.15, 0.2) is 11.0 Å². The van der Waals surface area contributed by atoms with Crippen LogP contribution in [0.2, 0.25) is 0 Å². The molecule has 2 unspecified atom stereocenters. The van der Waals surface area contributed by atoms with Crippen molar-refractivity contribution in [2.24, 2.45) is 11.8 Å². The van der Waals surface area contributed by atoms with Crippen LogP contribution in [0.4, 0.5) is 0 Å². The largest absolute Gasteiger partial charge is 0.341 e. The highest BCUT2D eigenvalue weighted by molar-refractivity contribution is 7.99. The second-order valence-corrected chi connectivity index (χ2v) is 8.82. The summed E-state index contributed by atoms with van der Waals surface area (Å²) in [5.41, 5.74) is 1.99. The molecule has 150 valence electrons. The van der Waals surface area contributed by atoms with Gasteiger partial charge in [-0.15, -0.1) is 10.2 Å². The van der Waals surface area contributed by atoms with Crippen LogP contribution in [0, 0.1) is 11.8 Å². The van der Waals surface area contributed by atoms with E-state index < -0.39 is 0 Å². The Kier molecular flexibility index (Phi) is 6.00. The van der Waals surface area contributed by atoms with Crippen molar-refractivity contribution in [1.82, 2.24) is 19.7 Å². The second-order valence-electron chi connectivity index (χ2n) is 7.88. The number of piperidine rings is 1. The summed E-state index contributed by atoms with van der Waals surface area (Å²) >= 11 is 1.46. The molecule has 0 radical (unpaired) electrons. The van der Waals surface area contributed by atoms with Crippen LogP contribution < -0.4 is 0 Å². The molecule has 1 aliphatic rings. The monoisotopic (exact) mass is 406 g/mol. The lowest BCUT2D eigenvalue weighted by Gasteiger charge is -2.34. The molecule has 4 rings (SSSR count). The number of amides is 1. The Bertz CT molecular complexity index is 948. The number of rotatable bonds is 5. The molecule has 1 saturated heterocycles. The van der Waals surface area contributed by atoms with Crippen molar-refractivity contribution in [2.45, 2.75) is 25.4 Å². The summed E-state index contributed by atoms with van der Waals surface area (Å²) in [4.78, 5) is 14.8. The Morgan fingerprint density at radius 2 is 1.59 bits per heavy atom. The Morgan fingerprint density at radius 3 is 2.24 bits per heavy atom. The number of hydrogen-bond donors (Lipinski definition) is 0. The third-order valence-corrected chi connectivity index (χ3v) is 6.14. The van der Waals surface area contributed by atoms with Crippen LogP contribution >= 0.6 is 11.8 Å². The minimum absolute atomic E-state index is 0.178. The van der Waals surface area contributed by atoms with Crippen LogP contribution in [0.5, 0.6) is 0 Å². The predicted molar refractivity (Wildman–Crippen MR) is 117 cm³/mol. The zero-order chi connectivity index (χ0) is 20.2. The lowest BCUT2D eigenvalue weighted by atomic mass is 9.92. The van der Waals surface area contributed by atoms with E-state index in [9.17, 15) is 4.79 Å². The van der Waals surface area contributed by atoms with E-state index >= 15 is 0 Å². The van der Waals surface area contributed by atoms with Crippen molar-refractivity contribution in [3.05, 3.63) is 60.7 Å². The van der Waals surface area contributed by atoms with Crippen LogP contribution in [-0.2, 0) is 4.79 Å². The quantitative estimate of drug-likeness (QED) is 0.584. The fraction of sp³-hybridized carbons (Fsp3) is 0.348. The molecule has 1 amide bonds. The number of likely N-dealkylation sites (tertiary alicyclic amines) is 1. The van der Waals surface area contributed by atoms with Crippen LogP contribution in [0.3, 0.4) is 0 Å². The maximum absolute atomic E-state index is 12.8. The summed E-state index contributed by atoms with van der Waals surface area (Å²) in [6, 6.07) is 20.1. The highest BCUT2D eigenvalue weighted by Gasteiger charge is 2.26. The Morgan fingerprint density at radius 1 is 0.966 bits per heavy atom. The normalized spacial score (nSPS) is 19.3. The standard InChI is InChI=1S/C23H26N4OS/c1-17-13-18(2)15-26(14-17)21(28)16-29-23-25-24-22(19-9-5-3-6-10-19)27(23)20-11-7-4-8-12-20/h3-12,17-18H,13-16H2,1-2H3. The number of hydrogen-bond acceptors (Lipinski definition) is 4. The highest BCUT2D eigenvalue weighted by atomic mass is 32.2. The lowest BCUT2D eigenvalue weighted by molar-refractivity contribution is -0.130. The molecular formula is C23H26N4OS. The minimum atomic E-state index is 0.178. The van der Waals surface area contributed by atoms with Gasteiger partial charge in [0.05, 0.1) is 5.75 Å². The molecule has 2 aromatic carbocycles. The van der Waals surface area contributed by atoms with Gasteiger partial charge in [0.2, 0.25) is 5.91 Å². The van der Waals surface area contributed by atoms with Crippen molar-refractivity contribution >= 4 is 17.7 Å². The fourth-order valence-corrected chi connectivity index (χ4v) is 4.89. The summed E-state index contributed by atoms with van der Waals surface area (Å²) < 4.78 is 2.04. The predicted octanol–water partition coefficient (Wildman–Crippen LogP) is 4.53. The van der Waals surface area contributed by atoms with Gasteiger partial charge in [-0.2, -0.15) is 0 Å². The number of thioether (sulfide) groups is 1. The Labute approximate surface area is 176 Å². The molecule has 1 aliphatic heterocycles. The molecule has 1 fully saturated rings. The average molecular weight is 407 g/mol. The summed E-state index contributed by atoms with van der Waals surface area (Å²) in [6.45, 7) is 6.15. The molecule has 2 atom stereocenters. The molecule has 3 aromatic rings. The van der Waals surface area contributed by atoms with E-state index in [0.29, 0.717) is 17.6 Å². The third-order valence-electron chi connectivity index (χ3n) is 5.23. The first-order valence-corrected chi connectivity index (χ1v) is 11.1. The van der Waals surface area contributed by atoms with Crippen LogP contribution in [0.15, 0.2) is 65.8 Å². The average Bonchev–Trinajstić information content (AvgIpc) is 3.16. The number of carbonyl (C=O) groups is 1. The number of para-hydroxylation sites is 1. The molecule has 29 heavy (non-hydrogen) atoms. The Balaban J connectivity index is 1.58. The van der Waals surface area contributed by atoms with Crippen LogP contribution in [0.1, 0.15) is 20.3 Å². The Hall–Kier alpha value is -2.60. The molecular weight excluding hydrogens is 380 g/mol. The highest BCUT2D eigenvalue weighted by Crippen LogP contribution is 2.28. The number of benzene rings is 2. The zero-order valence-corrected chi connectivity index (χ0v) is 17.7. The van der Waals surface area contributed by atoms with Gasteiger partial charge in [0, 0.05) is 24.3 Å². The summed E-state index contributed by atoms with van der Waals surface area (Å²) in [7, 11) is 0. The summed E-state index contributed by atoms with van der Waals surface area (Å²) in [5, 5.41) is 9.60. The first kappa shape index (κ1) is 19.7. The maximum Gasteiger partial charge on any atom is 0.233 e. The number of nitrogens with zero attached hydrogens (tertiary/aromatic N) is 4. The maximum atomic E-state index is 12.8. The number of aromatic nitrogens is 3. The van der Waals surface area contributed by atoms with Crippen LogP contribution in [-0.4, -0.2) is 44.4 Å². The number of carbonyl (C=O) groups excluding carboxylic acids is 1. The molecule has 2 heterocycles. The molecule has 0 spiro atoms. The van der Waals surface area contributed by atoms with E-state index in [4.69, 9.17) is 0 Å². The molecule has 0 saturated carbocycles. The molecule has 0 bridgehead atoms. The zero-order valence-electron chi connectivity index (χ0n) is 16.9. The van der Waals surface area contributed by atoms with Gasteiger partial charge in [-0.1, -0.05) is 74.1 Å². The molecule has 1 aromatic heterocycles. The summed E-state index contributed by atoms with van der Waals surface area (Å²) in [6.07, 6.45) is 1.19. The molecule has 0 N–H and O–H groups in total. The van der Waals surface area contributed by atoms with E-state index in [-0.39, 0.29) is 5.91 Å². The molecule has 5 nitrogen and oxygen atoms in total. The van der Waals surface area contributed by atoms with E-state index in [2.05, 4.69) is 24.0 Å². The lowest BCUT2D eigenvalue weighted by Crippen LogP contribution is -2.43. The first-order chi connectivity index (χ1) is 14.1. The van der Waals surface area contributed by atoms with Crippen LogP contribution in [0.25, 0.3) is 17.1 Å². The second kappa shape index (κ2) is 8.82. The molecule has 0 aliphatic carbocycles. The van der Waals surface area contributed by atoms with Crippen molar-refractivity contribution < 1.29 is 4.79 Å². The summed E-state index contributed by atoms with van der Waals surface area (Å²) in [5.74, 6) is 2.46. The van der Waals surface area contributed by atoms with Crippen molar-refractivity contribution in [3.8, 4) is 17.1 Å². The first-order valence-electron chi connectivity index (χ1n) is 10.1. The van der Waals surface area contributed by atoms with Gasteiger partial charge >= 0.3 is 0 Å². The van der Waals surface area contributed by atoms with Crippen molar-refractivity contribution in [1.29, 1.82) is 0 Å². The van der Waals surface area contributed by atoms with E-state index in [1.54, 1.807) is 0 Å². The topological polar surface area (TPSA) is 51.0 Å². The SMILES string of the molecule is CC1CC(C)CN(C(=O)CSc2nnc(-c3ccccc3)n2-c2ccccc2)C1. The van der Waals surface area contributed by atoms with Gasteiger partial charge < -0.3 is 4.90 Å². The smallest absolute Gasteiger partial charge is 0.233 e. The van der Waals surface area contributed by atoms with Gasteiger partial charge in [-0.25, -0.2) is 0 Å². The van der Waals surface area contributed by atoms with Gasteiger partial charge in [-0.3, -0.25) is 9.36 Å². The third kappa shape index (κ3) is 4.53.